The van der Waals surface area contributed by atoms with Crippen LogP contribution in [0.2, 0.25) is 0 Å². The first kappa shape index (κ1) is 13.5. The molecule has 0 amide bonds. The first-order valence-corrected chi connectivity index (χ1v) is 5.97. The largest absolute Gasteiger partial charge is 0.496 e. The summed E-state index contributed by atoms with van der Waals surface area (Å²) >= 11 is 0. The van der Waals surface area contributed by atoms with Gasteiger partial charge in [-0.2, -0.15) is 0 Å². The van der Waals surface area contributed by atoms with Crippen molar-refractivity contribution >= 4 is 0 Å². The highest BCUT2D eigenvalue weighted by Crippen LogP contribution is 2.31. The molecule has 2 rings (SSSR count). The number of aliphatic hydroxyl groups is 1. The Hall–Kier alpha value is -1.94. The Balaban J connectivity index is 2.49. The lowest BCUT2D eigenvalue weighted by Gasteiger charge is -2.16. The Labute approximate surface area is 111 Å². The monoisotopic (exact) mass is 261 g/mol. The molecule has 0 saturated carbocycles. The third kappa shape index (κ3) is 2.74. The number of hydrogen-bond acceptors (Lipinski definition) is 3. The molecule has 1 heterocycles. The Kier molecular flexibility index (Phi) is 3.81. The van der Waals surface area contributed by atoms with Crippen molar-refractivity contribution in [1.82, 2.24) is 4.98 Å². The van der Waals surface area contributed by atoms with Gasteiger partial charge in [0.1, 0.15) is 17.7 Å². The fraction of sp³-hybridized carbons (Fsp3) is 0.267. The number of aromatic nitrogens is 1. The minimum atomic E-state index is -1.01. The van der Waals surface area contributed by atoms with Crippen molar-refractivity contribution in [2.75, 3.05) is 7.11 Å². The van der Waals surface area contributed by atoms with E-state index in [1.54, 1.807) is 6.20 Å². The van der Waals surface area contributed by atoms with Crippen molar-refractivity contribution in [3.05, 3.63) is 58.7 Å². The zero-order valence-corrected chi connectivity index (χ0v) is 11.1. The van der Waals surface area contributed by atoms with Crippen LogP contribution in [-0.2, 0) is 0 Å². The number of nitrogens with zero attached hydrogens (tertiary/aromatic N) is 1. The summed E-state index contributed by atoms with van der Waals surface area (Å²) in [5, 5.41) is 10.4. The van der Waals surface area contributed by atoms with Crippen LogP contribution in [-0.4, -0.2) is 17.2 Å². The summed E-state index contributed by atoms with van der Waals surface area (Å²) < 4.78 is 18.5. The molecule has 0 bridgehead atoms. The van der Waals surface area contributed by atoms with Crippen molar-refractivity contribution in [2.45, 2.75) is 20.0 Å². The van der Waals surface area contributed by atoms with Gasteiger partial charge in [0.2, 0.25) is 0 Å². The number of hydrogen-bond donors (Lipinski definition) is 1. The normalized spacial score (nSPS) is 12.3. The van der Waals surface area contributed by atoms with Gasteiger partial charge in [0.05, 0.1) is 12.8 Å². The van der Waals surface area contributed by atoms with Crippen molar-refractivity contribution in [1.29, 1.82) is 0 Å². The maximum Gasteiger partial charge on any atom is 0.125 e. The van der Waals surface area contributed by atoms with E-state index >= 15 is 0 Å². The molecular formula is C15H16FNO2. The molecule has 0 radical (unpaired) electrons. The summed E-state index contributed by atoms with van der Waals surface area (Å²) in [7, 11) is 1.49. The fourth-order valence-electron chi connectivity index (χ4n) is 2.08. The van der Waals surface area contributed by atoms with E-state index in [4.69, 9.17) is 4.74 Å². The number of pyridine rings is 1. The Morgan fingerprint density at radius 1 is 1.26 bits per heavy atom. The van der Waals surface area contributed by atoms with Gasteiger partial charge in [0, 0.05) is 11.8 Å². The maximum absolute atomic E-state index is 13.3. The second-order valence-electron chi connectivity index (χ2n) is 4.50. The third-order valence-corrected chi connectivity index (χ3v) is 3.00. The molecule has 100 valence electrons. The number of methoxy groups -OCH3 is 1. The first-order valence-electron chi connectivity index (χ1n) is 5.97. The van der Waals surface area contributed by atoms with Gasteiger partial charge in [-0.1, -0.05) is 6.07 Å². The molecule has 19 heavy (non-hydrogen) atoms. The minimum Gasteiger partial charge on any atom is -0.496 e. The molecule has 1 aromatic carbocycles. The van der Waals surface area contributed by atoms with E-state index in [0.29, 0.717) is 17.0 Å². The van der Waals surface area contributed by atoms with Gasteiger partial charge in [0.15, 0.2) is 0 Å². The van der Waals surface area contributed by atoms with Gasteiger partial charge < -0.3 is 9.84 Å². The maximum atomic E-state index is 13.3. The summed E-state index contributed by atoms with van der Waals surface area (Å²) in [6.07, 6.45) is 0.670. The van der Waals surface area contributed by atoms with Crippen molar-refractivity contribution in [2.24, 2.45) is 0 Å². The van der Waals surface area contributed by atoms with E-state index in [9.17, 15) is 9.50 Å². The third-order valence-electron chi connectivity index (χ3n) is 3.00. The van der Waals surface area contributed by atoms with Crippen LogP contribution in [0.5, 0.6) is 5.75 Å². The van der Waals surface area contributed by atoms with Crippen molar-refractivity contribution < 1.29 is 14.2 Å². The molecule has 0 aliphatic rings. The van der Waals surface area contributed by atoms with E-state index < -0.39 is 11.9 Å². The van der Waals surface area contributed by atoms with E-state index in [1.807, 2.05) is 19.9 Å². The van der Waals surface area contributed by atoms with E-state index in [0.717, 1.165) is 11.1 Å². The summed E-state index contributed by atoms with van der Waals surface area (Å²) in [5.41, 5.74) is 2.76. The van der Waals surface area contributed by atoms with Crippen molar-refractivity contribution in [3.8, 4) is 5.75 Å². The topological polar surface area (TPSA) is 42.4 Å². The molecule has 0 spiro atoms. The molecule has 1 aromatic heterocycles. The molecule has 1 atom stereocenters. The number of ether oxygens (including phenoxy) is 1. The molecule has 1 N–H and O–H groups in total. The summed E-state index contributed by atoms with van der Waals surface area (Å²) in [6, 6.07) is 5.99. The Morgan fingerprint density at radius 3 is 2.63 bits per heavy atom. The van der Waals surface area contributed by atoms with E-state index in [1.165, 1.54) is 25.3 Å². The van der Waals surface area contributed by atoms with Crippen LogP contribution < -0.4 is 4.74 Å². The van der Waals surface area contributed by atoms with Crippen LogP contribution in [0.3, 0.4) is 0 Å². The SMILES string of the molecule is COc1ccc(F)cc1C(O)c1ncc(C)cc1C. The quantitative estimate of drug-likeness (QED) is 0.923. The van der Waals surface area contributed by atoms with Crippen LogP contribution in [0, 0.1) is 19.7 Å². The Morgan fingerprint density at radius 2 is 2.00 bits per heavy atom. The lowest BCUT2D eigenvalue weighted by Crippen LogP contribution is -2.07. The number of halogens is 1. The van der Waals surface area contributed by atoms with Gasteiger partial charge in [0.25, 0.3) is 0 Å². The van der Waals surface area contributed by atoms with Crippen LogP contribution >= 0.6 is 0 Å². The highest BCUT2D eigenvalue weighted by atomic mass is 19.1. The summed E-state index contributed by atoms with van der Waals surface area (Å²) in [5.74, 6) is 0.0234. The number of benzene rings is 1. The molecule has 4 heteroatoms. The summed E-state index contributed by atoms with van der Waals surface area (Å²) in [4.78, 5) is 4.23. The molecule has 0 aliphatic heterocycles. The average molecular weight is 261 g/mol. The van der Waals surface area contributed by atoms with Crippen LogP contribution in [0.4, 0.5) is 4.39 Å². The molecule has 3 nitrogen and oxygen atoms in total. The predicted molar refractivity (Wildman–Crippen MR) is 70.7 cm³/mol. The molecule has 1 unspecified atom stereocenters. The zero-order valence-electron chi connectivity index (χ0n) is 11.1. The first-order chi connectivity index (χ1) is 9.02. The van der Waals surface area contributed by atoms with Crippen LogP contribution in [0.25, 0.3) is 0 Å². The average Bonchev–Trinajstić information content (AvgIpc) is 2.38. The molecule has 0 aliphatic carbocycles. The highest BCUT2D eigenvalue weighted by molar-refractivity contribution is 5.41. The van der Waals surface area contributed by atoms with Crippen molar-refractivity contribution in [3.63, 3.8) is 0 Å². The van der Waals surface area contributed by atoms with Gasteiger partial charge in [-0.05, 0) is 43.2 Å². The summed E-state index contributed by atoms with van der Waals surface area (Å²) in [6.45, 7) is 3.79. The molecule has 0 saturated heterocycles. The number of aliphatic hydroxyl groups excluding tert-OH is 1. The van der Waals surface area contributed by atoms with Gasteiger partial charge in [-0.25, -0.2) is 4.39 Å². The molecular weight excluding hydrogens is 245 g/mol. The minimum absolute atomic E-state index is 0.377. The van der Waals surface area contributed by atoms with Gasteiger partial charge in [-0.15, -0.1) is 0 Å². The second kappa shape index (κ2) is 5.36. The Bertz CT molecular complexity index is 599. The van der Waals surface area contributed by atoms with Gasteiger partial charge >= 0.3 is 0 Å². The van der Waals surface area contributed by atoms with Gasteiger partial charge in [-0.3, -0.25) is 4.98 Å². The predicted octanol–water partition coefficient (Wildman–Crippen LogP) is 2.93. The fourth-order valence-corrected chi connectivity index (χ4v) is 2.08. The lowest BCUT2D eigenvalue weighted by molar-refractivity contribution is 0.208. The molecule has 2 aromatic rings. The van der Waals surface area contributed by atoms with E-state index in [2.05, 4.69) is 4.98 Å². The molecule has 0 fully saturated rings. The number of rotatable bonds is 3. The second-order valence-corrected chi connectivity index (χ2v) is 4.50. The highest BCUT2D eigenvalue weighted by Gasteiger charge is 2.19. The van der Waals surface area contributed by atoms with Crippen LogP contribution in [0.15, 0.2) is 30.5 Å². The number of aryl methyl sites for hydroxylation is 2. The zero-order chi connectivity index (χ0) is 14.0. The standard InChI is InChI=1S/C15H16FNO2/c1-9-6-10(2)14(17-8-9)15(18)12-7-11(16)4-5-13(12)19-3/h4-8,15,18H,1-3H3. The van der Waals surface area contributed by atoms with Crippen LogP contribution in [0.1, 0.15) is 28.5 Å². The lowest BCUT2D eigenvalue weighted by atomic mass is 10.0. The smallest absolute Gasteiger partial charge is 0.125 e. The van der Waals surface area contributed by atoms with E-state index in [-0.39, 0.29) is 0 Å².